The van der Waals surface area contributed by atoms with Gasteiger partial charge in [-0.3, -0.25) is 0 Å². The Hall–Kier alpha value is -5.52. The van der Waals surface area contributed by atoms with Crippen molar-refractivity contribution < 1.29 is 39.5 Å². The highest BCUT2D eigenvalue weighted by molar-refractivity contribution is 7.20. The van der Waals surface area contributed by atoms with E-state index in [1.165, 1.54) is 17.4 Å². The summed E-state index contributed by atoms with van der Waals surface area (Å²) in [6.07, 6.45) is -13.2. The largest absolute Gasteiger partial charge is 0.416 e. The van der Waals surface area contributed by atoms with Crippen LogP contribution in [0.15, 0.2) is 84.2 Å². The third-order valence-corrected chi connectivity index (χ3v) is 11.6. The van der Waals surface area contributed by atoms with Gasteiger partial charge >= 0.3 is 18.5 Å². The molecule has 0 aliphatic heterocycles. The van der Waals surface area contributed by atoms with Crippen LogP contribution in [0.25, 0.3) is 54.3 Å². The van der Waals surface area contributed by atoms with E-state index < -0.39 is 35.2 Å². The van der Waals surface area contributed by atoms with Gasteiger partial charge in [-0.1, -0.05) is 43.7 Å². The molecule has 14 heteroatoms. The van der Waals surface area contributed by atoms with Crippen LogP contribution in [0, 0.1) is 11.3 Å². The number of nitrogens with two attached hydrogens (primary N) is 1. The molecular formula is C45H37F9N4S. The Morgan fingerprint density at radius 2 is 1.10 bits per heavy atom. The Bertz CT molecular complexity index is 2540. The van der Waals surface area contributed by atoms with Crippen LogP contribution in [0.5, 0.6) is 0 Å². The minimum atomic E-state index is -5.04. The second-order valence-corrected chi connectivity index (χ2v) is 15.3. The highest BCUT2D eigenvalue weighted by Gasteiger charge is 2.41. The van der Waals surface area contributed by atoms with Crippen molar-refractivity contribution in [1.29, 1.82) is 5.26 Å². The maximum atomic E-state index is 14.1. The molecule has 0 saturated carbocycles. The van der Waals surface area contributed by atoms with E-state index in [1.54, 1.807) is 30.3 Å². The molecule has 4 aromatic carbocycles. The summed E-state index contributed by atoms with van der Waals surface area (Å²) in [5.74, 6) is 0. The molecule has 0 fully saturated rings. The second kappa shape index (κ2) is 15.6. The Morgan fingerprint density at radius 1 is 0.610 bits per heavy atom. The summed E-state index contributed by atoms with van der Waals surface area (Å²) in [7, 11) is 0. The molecule has 1 heterocycles. The fraction of sp³-hybridized carbons (Fsp3) is 0.267. The van der Waals surface area contributed by atoms with E-state index in [4.69, 9.17) is 5.73 Å². The monoisotopic (exact) mass is 836 g/mol. The van der Waals surface area contributed by atoms with Crippen molar-refractivity contribution in [2.24, 2.45) is 5.73 Å². The molecule has 2 aliphatic rings. The Labute approximate surface area is 338 Å². The van der Waals surface area contributed by atoms with Crippen LogP contribution in [0.3, 0.4) is 0 Å². The number of aryl methyl sites for hydroxylation is 1. The Kier molecular flexibility index (Phi) is 11.0. The van der Waals surface area contributed by atoms with E-state index in [2.05, 4.69) is 16.7 Å². The van der Waals surface area contributed by atoms with Crippen LogP contribution in [-0.4, -0.2) is 19.6 Å². The number of rotatable bonds is 10. The molecule has 1 aromatic heterocycles. The first kappa shape index (κ1) is 41.6. The van der Waals surface area contributed by atoms with Crippen molar-refractivity contribution >= 4 is 22.5 Å². The van der Waals surface area contributed by atoms with Crippen LogP contribution in [0.2, 0.25) is 0 Å². The van der Waals surface area contributed by atoms with Gasteiger partial charge < -0.3 is 16.4 Å². The van der Waals surface area contributed by atoms with Crippen molar-refractivity contribution in [3.05, 3.63) is 129 Å². The first-order chi connectivity index (χ1) is 27.9. The summed E-state index contributed by atoms with van der Waals surface area (Å²) in [4.78, 5) is 1.58. The normalized spacial score (nSPS) is 15.0. The summed E-state index contributed by atoms with van der Waals surface area (Å²) in [5.41, 5.74) is 9.91. The zero-order valence-corrected chi connectivity index (χ0v) is 32.8. The zero-order chi connectivity index (χ0) is 42.6. The number of allylic oxidation sites excluding steroid dienone is 1. The lowest BCUT2D eigenvalue weighted by molar-refractivity contribution is -0.143. The van der Waals surface area contributed by atoms with Crippen LogP contribution >= 0.6 is 11.3 Å². The first-order valence-corrected chi connectivity index (χ1v) is 19.8. The lowest BCUT2D eigenvalue weighted by Crippen LogP contribution is -2.18. The maximum absolute atomic E-state index is 14.1. The number of nitrogens with zero attached hydrogens (tertiary/aromatic N) is 1. The molecule has 0 amide bonds. The van der Waals surface area contributed by atoms with Crippen LogP contribution in [0.4, 0.5) is 39.5 Å². The molecule has 0 radical (unpaired) electrons. The standard InChI is InChI=1S/C45H37F9N4S/c1-4-7-23-14-26(16-28(15-23)43(46,47)48)24-8-10-32-34(19-24)38(36(22-56)58-6-3)40-39-37(35(12-13-55)57-5-2)33-20-25(9-11-31(33)41(39)59-42(32)40)27-17-29(44(49,50)51)21-30(18-27)45(52,53)54/h8-11,14-21,57-58H,4-7,12-13,55H2,1-3H3/b37-35+,38-36-. The molecule has 0 saturated heterocycles. The maximum Gasteiger partial charge on any atom is 0.416 e. The van der Waals surface area contributed by atoms with Gasteiger partial charge in [0.2, 0.25) is 0 Å². The minimum absolute atomic E-state index is 0.0960. The van der Waals surface area contributed by atoms with Crippen LogP contribution in [-0.2, 0) is 24.9 Å². The van der Waals surface area contributed by atoms with Crippen molar-refractivity contribution in [2.75, 3.05) is 19.6 Å². The second-order valence-electron chi connectivity index (χ2n) is 14.3. The fourth-order valence-corrected chi connectivity index (χ4v) is 9.38. The quantitative estimate of drug-likeness (QED) is 0.0948. The van der Waals surface area contributed by atoms with Gasteiger partial charge in [-0.2, -0.15) is 44.8 Å². The SMILES string of the molecule is CCCc1cc(-c2ccc3c(c2)/C(=C(\C#N)NCC)c2c-3sc3c2/C(=C(\CCN)NCC)c2cc(-c4cc(C(F)(F)F)cc(C(F)(F)F)c4)ccc2-3)cc(C(F)(F)F)c1. The average Bonchev–Trinajstić information content (AvgIpc) is 3.81. The van der Waals surface area contributed by atoms with Gasteiger partial charge in [0, 0.05) is 68.4 Å². The molecule has 59 heavy (non-hydrogen) atoms. The summed E-state index contributed by atoms with van der Waals surface area (Å²) < 4.78 is 126. The number of halogens is 9. The van der Waals surface area contributed by atoms with Gasteiger partial charge in [-0.25, -0.2) is 0 Å². The van der Waals surface area contributed by atoms with Crippen LogP contribution < -0.4 is 16.4 Å². The molecule has 0 unspecified atom stereocenters. The molecule has 7 rings (SSSR count). The molecule has 4 N–H and O–H groups in total. The third-order valence-electron chi connectivity index (χ3n) is 10.4. The number of thiophene rings is 1. The topological polar surface area (TPSA) is 73.9 Å². The van der Waals surface area contributed by atoms with Gasteiger partial charge in [-0.15, -0.1) is 11.3 Å². The van der Waals surface area contributed by atoms with Crippen molar-refractivity contribution in [3.63, 3.8) is 0 Å². The molecular weight excluding hydrogens is 800 g/mol. The van der Waals surface area contributed by atoms with E-state index in [1.807, 2.05) is 26.8 Å². The number of nitrogens with one attached hydrogen (secondary N) is 2. The summed E-state index contributed by atoms with van der Waals surface area (Å²) in [6.45, 7) is 6.63. The van der Waals surface area contributed by atoms with E-state index >= 15 is 0 Å². The van der Waals surface area contributed by atoms with Gasteiger partial charge in [0.1, 0.15) is 11.8 Å². The van der Waals surface area contributed by atoms with E-state index in [0.29, 0.717) is 106 Å². The average molecular weight is 837 g/mol. The van der Waals surface area contributed by atoms with Crippen molar-refractivity contribution in [1.82, 2.24) is 10.6 Å². The highest BCUT2D eigenvalue weighted by atomic mass is 32.1. The van der Waals surface area contributed by atoms with Gasteiger partial charge in [0.05, 0.1) is 16.7 Å². The molecule has 5 aromatic rings. The summed E-state index contributed by atoms with van der Waals surface area (Å²) >= 11 is 1.42. The number of benzene rings is 4. The fourth-order valence-electron chi connectivity index (χ4n) is 7.98. The number of nitriles is 1. The molecule has 2 aliphatic carbocycles. The predicted molar refractivity (Wildman–Crippen MR) is 214 cm³/mol. The highest BCUT2D eigenvalue weighted by Crippen LogP contribution is 2.61. The molecule has 306 valence electrons. The van der Waals surface area contributed by atoms with E-state index in [9.17, 15) is 44.8 Å². The lowest BCUT2D eigenvalue weighted by Gasteiger charge is -2.18. The van der Waals surface area contributed by atoms with Gasteiger partial charge in [-0.05, 0) is 108 Å². The first-order valence-electron chi connectivity index (χ1n) is 19.0. The molecule has 0 bridgehead atoms. The molecule has 0 atom stereocenters. The summed E-state index contributed by atoms with van der Waals surface area (Å²) in [5, 5.41) is 17.2. The molecule has 4 nitrogen and oxygen atoms in total. The lowest BCUT2D eigenvalue weighted by atomic mass is 9.91. The predicted octanol–water partition coefficient (Wildman–Crippen LogP) is 12.7. The Balaban J connectivity index is 1.48. The smallest absolute Gasteiger partial charge is 0.388 e. The number of alkyl halides is 9. The minimum Gasteiger partial charge on any atom is -0.388 e. The Morgan fingerprint density at radius 3 is 1.58 bits per heavy atom. The molecule has 0 spiro atoms. The number of hydrogen-bond donors (Lipinski definition) is 3. The van der Waals surface area contributed by atoms with Crippen molar-refractivity contribution in [2.45, 2.75) is 58.6 Å². The van der Waals surface area contributed by atoms with Crippen LogP contribution in [0.1, 0.15) is 78.1 Å². The third kappa shape index (κ3) is 7.62. The number of hydrogen-bond acceptors (Lipinski definition) is 5. The van der Waals surface area contributed by atoms with Gasteiger partial charge in [0.15, 0.2) is 0 Å². The van der Waals surface area contributed by atoms with E-state index in [-0.39, 0.29) is 29.4 Å². The zero-order valence-electron chi connectivity index (χ0n) is 32.0. The number of fused-ring (bicyclic) bond motifs is 7. The van der Waals surface area contributed by atoms with Crippen molar-refractivity contribution in [3.8, 4) is 49.2 Å². The summed E-state index contributed by atoms with van der Waals surface area (Å²) in [6, 6.07) is 18.0. The van der Waals surface area contributed by atoms with Gasteiger partial charge in [0.25, 0.3) is 0 Å². The van der Waals surface area contributed by atoms with E-state index in [0.717, 1.165) is 27.5 Å².